The van der Waals surface area contributed by atoms with E-state index in [0.29, 0.717) is 0 Å². The fraction of sp³-hybridized carbons (Fsp3) is 0.545. The lowest BCUT2D eigenvalue weighted by atomic mass is 10.2. The Morgan fingerprint density at radius 2 is 2.06 bits per heavy atom. The molecule has 1 heterocycles. The summed E-state index contributed by atoms with van der Waals surface area (Å²) in [6.45, 7) is 5.16. The number of carboxylic acids is 1. The number of carboxylic acid groups (broad SMARTS) is 1. The minimum Gasteiger partial charge on any atom is -0.481 e. The average Bonchev–Trinajstić information content (AvgIpc) is 2.59. The molecule has 18 heavy (non-hydrogen) atoms. The summed E-state index contributed by atoms with van der Waals surface area (Å²) in [5.41, 5.74) is 0.929. The molecule has 1 N–H and O–H groups in total. The van der Waals surface area contributed by atoms with Crippen molar-refractivity contribution in [2.75, 3.05) is 13.6 Å². The molecule has 0 bridgehead atoms. The summed E-state index contributed by atoms with van der Waals surface area (Å²) in [5.74, 6) is -1.73. The van der Waals surface area contributed by atoms with E-state index in [-0.39, 0.29) is 10.8 Å². The number of aliphatic carboxylic acids is 1. The largest absolute Gasteiger partial charge is 0.481 e. The molecule has 0 saturated heterocycles. The van der Waals surface area contributed by atoms with Crippen LogP contribution in [0.1, 0.15) is 17.4 Å². The predicted octanol–water partition coefficient (Wildman–Crippen LogP) is 1.71. The fourth-order valence-electron chi connectivity index (χ4n) is 1.38. The molecule has 1 aromatic heterocycles. The van der Waals surface area contributed by atoms with Crippen LogP contribution in [0.25, 0.3) is 0 Å². The van der Waals surface area contributed by atoms with Gasteiger partial charge in [0.25, 0.3) is 10.0 Å². The Kier molecular flexibility index (Phi) is 4.52. The van der Waals surface area contributed by atoms with E-state index in [0.717, 1.165) is 14.7 Å². The molecule has 0 radical (unpaired) electrons. The van der Waals surface area contributed by atoms with Gasteiger partial charge in [0.15, 0.2) is 0 Å². The third kappa shape index (κ3) is 3.09. The van der Waals surface area contributed by atoms with E-state index in [2.05, 4.69) is 0 Å². The summed E-state index contributed by atoms with van der Waals surface area (Å²) in [4.78, 5) is 11.7. The van der Waals surface area contributed by atoms with Crippen LogP contribution in [0.2, 0.25) is 0 Å². The van der Waals surface area contributed by atoms with Crippen molar-refractivity contribution in [2.24, 2.45) is 5.92 Å². The van der Waals surface area contributed by atoms with E-state index >= 15 is 0 Å². The number of sulfonamides is 1. The molecule has 0 saturated carbocycles. The Balaban J connectivity index is 2.96. The topological polar surface area (TPSA) is 74.7 Å². The van der Waals surface area contributed by atoms with Crippen LogP contribution in [0.5, 0.6) is 0 Å². The molecule has 1 rings (SSSR count). The number of nitrogens with zero attached hydrogens (tertiary/aromatic N) is 1. The summed E-state index contributed by atoms with van der Waals surface area (Å²) in [6.07, 6.45) is 0. The number of rotatable bonds is 5. The molecule has 0 fully saturated rings. The molecule has 1 aromatic rings. The molecule has 7 heteroatoms. The lowest BCUT2D eigenvalue weighted by molar-refractivity contribution is -0.141. The van der Waals surface area contributed by atoms with Crippen LogP contribution < -0.4 is 0 Å². The van der Waals surface area contributed by atoms with Gasteiger partial charge in [-0.25, -0.2) is 8.42 Å². The summed E-state index contributed by atoms with van der Waals surface area (Å²) < 4.78 is 25.8. The van der Waals surface area contributed by atoms with Crippen LogP contribution in [0, 0.1) is 19.8 Å². The first-order chi connectivity index (χ1) is 8.16. The third-order valence-corrected chi connectivity index (χ3v) is 6.19. The highest BCUT2D eigenvalue weighted by Gasteiger charge is 2.26. The molecule has 0 aliphatic carbocycles. The molecule has 1 atom stereocenters. The zero-order valence-corrected chi connectivity index (χ0v) is 12.4. The van der Waals surface area contributed by atoms with Gasteiger partial charge >= 0.3 is 5.97 Å². The van der Waals surface area contributed by atoms with Gasteiger partial charge in [0, 0.05) is 18.5 Å². The third-order valence-electron chi connectivity index (χ3n) is 2.76. The standard InChI is InChI=1S/C11H17NO4S2/c1-7-5-10(17-9(7)3)18(15,16)12(4)6-8(2)11(13)14/h5,8H,6H2,1-4H3,(H,13,14). The van der Waals surface area contributed by atoms with Crippen LogP contribution in [0.15, 0.2) is 10.3 Å². The monoisotopic (exact) mass is 291 g/mol. The molecular weight excluding hydrogens is 274 g/mol. The highest BCUT2D eigenvalue weighted by molar-refractivity contribution is 7.91. The van der Waals surface area contributed by atoms with Crippen molar-refractivity contribution >= 4 is 27.3 Å². The van der Waals surface area contributed by atoms with Gasteiger partial charge < -0.3 is 5.11 Å². The average molecular weight is 291 g/mol. The number of aryl methyl sites for hydroxylation is 2. The Morgan fingerprint density at radius 3 is 2.44 bits per heavy atom. The van der Waals surface area contributed by atoms with Crippen LogP contribution in [-0.2, 0) is 14.8 Å². The lowest BCUT2D eigenvalue weighted by Gasteiger charge is -2.18. The van der Waals surface area contributed by atoms with E-state index in [1.807, 2.05) is 13.8 Å². The highest BCUT2D eigenvalue weighted by atomic mass is 32.2. The smallest absolute Gasteiger partial charge is 0.307 e. The van der Waals surface area contributed by atoms with Crippen molar-refractivity contribution in [3.05, 3.63) is 16.5 Å². The van der Waals surface area contributed by atoms with Crippen molar-refractivity contribution in [3.63, 3.8) is 0 Å². The Labute approximate surface area is 111 Å². The van der Waals surface area contributed by atoms with Crippen molar-refractivity contribution in [3.8, 4) is 0 Å². The molecule has 0 aromatic carbocycles. The summed E-state index contributed by atoms with van der Waals surface area (Å²) in [7, 11) is -2.18. The van der Waals surface area contributed by atoms with Gasteiger partial charge in [-0.1, -0.05) is 6.92 Å². The van der Waals surface area contributed by atoms with Gasteiger partial charge in [0.05, 0.1) is 5.92 Å². The minimum absolute atomic E-state index is 0.0341. The van der Waals surface area contributed by atoms with Crippen molar-refractivity contribution in [2.45, 2.75) is 25.0 Å². The fourth-order valence-corrected chi connectivity index (χ4v) is 4.37. The minimum atomic E-state index is -3.58. The second-order valence-electron chi connectivity index (χ2n) is 4.33. The molecule has 102 valence electrons. The van der Waals surface area contributed by atoms with E-state index in [1.165, 1.54) is 25.3 Å². The molecule has 0 spiro atoms. The zero-order valence-electron chi connectivity index (χ0n) is 10.8. The summed E-state index contributed by atoms with van der Waals surface area (Å²) >= 11 is 1.21. The van der Waals surface area contributed by atoms with Crippen molar-refractivity contribution in [1.82, 2.24) is 4.31 Å². The number of carbonyl (C=O) groups is 1. The van der Waals surface area contributed by atoms with Gasteiger partial charge in [0.2, 0.25) is 0 Å². The van der Waals surface area contributed by atoms with Gasteiger partial charge in [0.1, 0.15) is 4.21 Å². The second kappa shape index (κ2) is 5.38. The maximum absolute atomic E-state index is 12.2. The zero-order chi connectivity index (χ0) is 14.1. The quantitative estimate of drug-likeness (QED) is 0.896. The van der Waals surface area contributed by atoms with Gasteiger partial charge in [-0.3, -0.25) is 4.79 Å². The molecule has 5 nitrogen and oxygen atoms in total. The predicted molar refractivity (Wildman–Crippen MR) is 70.4 cm³/mol. The van der Waals surface area contributed by atoms with Crippen LogP contribution >= 0.6 is 11.3 Å². The number of thiophene rings is 1. The first kappa shape index (κ1) is 15.1. The van der Waals surface area contributed by atoms with Crippen molar-refractivity contribution < 1.29 is 18.3 Å². The summed E-state index contributed by atoms with van der Waals surface area (Å²) in [5, 5.41) is 8.80. The maximum Gasteiger partial charge on any atom is 0.307 e. The van der Waals surface area contributed by atoms with E-state index < -0.39 is 21.9 Å². The van der Waals surface area contributed by atoms with Crippen LogP contribution in [0.4, 0.5) is 0 Å². The number of hydrogen-bond donors (Lipinski definition) is 1. The van der Waals surface area contributed by atoms with Crippen LogP contribution in [0.3, 0.4) is 0 Å². The van der Waals surface area contributed by atoms with Gasteiger partial charge in [-0.15, -0.1) is 11.3 Å². The normalized spacial score (nSPS) is 13.8. The molecular formula is C11H17NO4S2. The molecule has 0 amide bonds. The van der Waals surface area contributed by atoms with Gasteiger partial charge in [-0.2, -0.15) is 4.31 Å². The first-order valence-corrected chi connectivity index (χ1v) is 7.68. The maximum atomic E-state index is 12.2. The molecule has 1 unspecified atom stereocenters. The Hall–Kier alpha value is -0.920. The molecule has 0 aliphatic rings. The van der Waals surface area contributed by atoms with Gasteiger partial charge in [-0.05, 0) is 25.5 Å². The van der Waals surface area contributed by atoms with Crippen molar-refractivity contribution in [1.29, 1.82) is 0 Å². The second-order valence-corrected chi connectivity index (χ2v) is 7.86. The van der Waals surface area contributed by atoms with Crippen LogP contribution in [-0.4, -0.2) is 37.4 Å². The van der Waals surface area contributed by atoms with E-state index in [1.54, 1.807) is 6.07 Å². The van der Waals surface area contributed by atoms with E-state index in [9.17, 15) is 13.2 Å². The highest BCUT2D eigenvalue weighted by Crippen LogP contribution is 2.27. The first-order valence-electron chi connectivity index (χ1n) is 5.42. The van der Waals surface area contributed by atoms with E-state index in [4.69, 9.17) is 5.11 Å². The number of hydrogen-bond acceptors (Lipinski definition) is 4. The Morgan fingerprint density at radius 1 is 1.50 bits per heavy atom. The SMILES string of the molecule is Cc1cc(S(=O)(=O)N(C)CC(C)C(=O)O)sc1C. The Bertz CT molecular complexity index is 528. The molecule has 0 aliphatic heterocycles. The summed E-state index contributed by atoms with van der Waals surface area (Å²) in [6, 6.07) is 1.62. The lowest BCUT2D eigenvalue weighted by Crippen LogP contribution is -2.33.